The first-order valence-corrected chi connectivity index (χ1v) is 10.3. The van der Waals surface area contributed by atoms with Crippen molar-refractivity contribution in [3.05, 3.63) is 76.7 Å². The van der Waals surface area contributed by atoms with E-state index in [1.54, 1.807) is 18.5 Å². The normalized spacial score (nSPS) is 14.0. The van der Waals surface area contributed by atoms with Gasteiger partial charge in [0, 0.05) is 38.2 Å². The number of nitrogens with one attached hydrogen (secondary N) is 1. The van der Waals surface area contributed by atoms with Crippen LogP contribution in [0.1, 0.15) is 40.7 Å². The third-order valence-electron chi connectivity index (χ3n) is 5.09. The summed E-state index contributed by atoms with van der Waals surface area (Å²) in [6, 6.07) is 11.9. The number of nitrogens with zero attached hydrogens (tertiary/aromatic N) is 4. The fourth-order valence-corrected chi connectivity index (χ4v) is 3.80. The number of carbonyl (C=O) groups excluding carboxylic acids is 1. The molecule has 0 radical (unpaired) electrons. The summed E-state index contributed by atoms with van der Waals surface area (Å²) in [5.41, 5.74) is 2.85. The average molecular weight is 410 g/mol. The van der Waals surface area contributed by atoms with Crippen LogP contribution in [0.25, 0.3) is 0 Å². The highest BCUT2D eigenvalue weighted by atomic mass is 35.5. The van der Waals surface area contributed by atoms with Gasteiger partial charge < -0.3 is 10.2 Å². The molecule has 0 aliphatic carbocycles. The number of piperidine rings is 1. The number of amides is 1. The van der Waals surface area contributed by atoms with Gasteiger partial charge in [0.2, 0.25) is 0 Å². The lowest BCUT2D eigenvalue weighted by Crippen LogP contribution is -2.35. The molecule has 0 unspecified atom stereocenters. The molecule has 3 heterocycles. The predicted octanol–water partition coefficient (Wildman–Crippen LogP) is 4.22. The quantitative estimate of drug-likeness (QED) is 0.662. The minimum absolute atomic E-state index is 0.0111. The van der Waals surface area contributed by atoms with Crippen LogP contribution in [0.5, 0.6) is 0 Å². The van der Waals surface area contributed by atoms with Gasteiger partial charge in [0.25, 0.3) is 5.91 Å². The van der Waals surface area contributed by atoms with E-state index >= 15 is 0 Å². The average Bonchev–Trinajstić information content (AvgIpc) is 3.26. The van der Waals surface area contributed by atoms with E-state index in [1.165, 1.54) is 12.0 Å². The lowest BCUT2D eigenvalue weighted by molar-refractivity contribution is 0.0724. The van der Waals surface area contributed by atoms with E-state index in [0.717, 1.165) is 38.0 Å². The Morgan fingerprint density at radius 1 is 1.10 bits per heavy atom. The minimum Gasteiger partial charge on any atom is -0.365 e. The highest BCUT2D eigenvalue weighted by molar-refractivity contribution is 6.33. The topological polar surface area (TPSA) is 63.1 Å². The first kappa shape index (κ1) is 19.5. The molecule has 1 aliphatic heterocycles. The van der Waals surface area contributed by atoms with Crippen LogP contribution < -0.4 is 5.32 Å². The Labute approximate surface area is 175 Å². The Hall–Kier alpha value is -2.86. The number of halogens is 1. The van der Waals surface area contributed by atoms with Crippen molar-refractivity contribution in [2.75, 3.05) is 18.4 Å². The third-order valence-corrected chi connectivity index (χ3v) is 5.37. The third kappa shape index (κ3) is 4.95. The molecule has 0 atom stereocenters. The largest absolute Gasteiger partial charge is 0.365 e. The molecule has 2 aromatic heterocycles. The molecule has 1 amide bonds. The Kier molecular flexibility index (Phi) is 6.10. The molecule has 1 fully saturated rings. The molecule has 7 heteroatoms. The summed E-state index contributed by atoms with van der Waals surface area (Å²) in [6.45, 7) is 2.95. The van der Waals surface area contributed by atoms with Gasteiger partial charge in [-0.25, -0.2) is 4.98 Å². The van der Waals surface area contributed by atoms with E-state index in [2.05, 4.69) is 33.6 Å². The highest BCUT2D eigenvalue weighted by Crippen LogP contribution is 2.22. The van der Waals surface area contributed by atoms with Crippen LogP contribution in [0.3, 0.4) is 0 Å². The number of hydrogen-bond donors (Lipinski definition) is 1. The first-order valence-electron chi connectivity index (χ1n) is 9.93. The molecule has 0 spiro atoms. The van der Waals surface area contributed by atoms with Crippen molar-refractivity contribution >= 4 is 23.3 Å². The molecule has 29 heavy (non-hydrogen) atoms. The molecule has 6 nitrogen and oxygen atoms in total. The fourth-order valence-electron chi connectivity index (χ4n) is 3.57. The van der Waals surface area contributed by atoms with Crippen molar-refractivity contribution in [1.82, 2.24) is 19.7 Å². The molecule has 1 saturated heterocycles. The standard InChI is InChI=1S/C22H24ClN5O/c23-20-13-19(22(29)27-9-2-1-3-10-27)15-25-21(20)24-14-17-6-4-7-18(12-17)16-28-11-5-8-26-28/h4-8,11-13,15H,1-3,9-10,14,16H2,(H,24,25). The number of anilines is 1. The van der Waals surface area contributed by atoms with Crippen LogP contribution in [0.4, 0.5) is 5.82 Å². The van der Waals surface area contributed by atoms with Crippen LogP contribution in [-0.2, 0) is 13.1 Å². The molecule has 1 N–H and O–H groups in total. The highest BCUT2D eigenvalue weighted by Gasteiger charge is 2.19. The van der Waals surface area contributed by atoms with E-state index in [4.69, 9.17) is 11.6 Å². The van der Waals surface area contributed by atoms with Crippen molar-refractivity contribution in [2.24, 2.45) is 0 Å². The van der Waals surface area contributed by atoms with Gasteiger partial charge in [0.1, 0.15) is 5.82 Å². The molecule has 1 aliphatic rings. The number of likely N-dealkylation sites (tertiary alicyclic amines) is 1. The monoisotopic (exact) mass is 409 g/mol. The minimum atomic E-state index is 0.0111. The molecule has 4 rings (SSSR count). The lowest BCUT2D eigenvalue weighted by atomic mass is 10.1. The second-order valence-corrected chi connectivity index (χ2v) is 7.69. The van der Waals surface area contributed by atoms with Crippen molar-refractivity contribution in [1.29, 1.82) is 0 Å². The van der Waals surface area contributed by atoms with E-state index in [1.807, 2.05) is 27.9 Å². The zero-order valence-electron chi connectivity index (χ0n) is 16.2. The number of carbonyl (C=O) groups is 1. The number of benzene rings is 1. The van der Waals surface area contributed by atoms with Crippen molar-refractivity contribution in [2.45, 2.75) is 32.4 Å². The zero-order chi connectivity index (χ0) is 20.1. The maximum absolute atomic E-state index is 12.6. The molecular weight excluding hydrogens is 386 g/mol. The van der Waals surface area contributed by atoms with E-state index in [9.17, 15) is 4.79 Å². The van der Waals surface area contributed by atoms with Crippen LogP contribution in [0.15, 0.2) is 55.0 Å². The van der Waals surface area contributed by atoms with Gasteiger partial charge in [-0.1, -0.05) is 35.9 Å². The van der Waals surface area contributed by atoms with Gasteiger partial charge in [-0.2, -0.15) is 5.10 Å². The Morgan fingerprint density at radius 2 is 1.93 bits per heavy atom. The second kappa shape index (κ2) is 9.09. The fraction of sp³-hybridized carbons (Fsp3) is 0.318. The SMILES string of the molecule is O=C(c1cnc(NCc2cccc(Cn3cccn3)c2)c(Cl)c1)N1CCCCC1. The predicted molar refractivity (Wildman–Crippen MR) is 114 cm³/mol. The van der Waals surface area contributed by atoms with Gasteiger partial charge in [-0.3, -0.25) is 9.48 Å². The summed E-state index contributed by atoms with van der Waals surface area (Å²) in [5.74, 6) is 0.594. The smallest absolute Gasteiger partial charge is 0.255 e. The molecule has 1 aromatic carbocycles. The Bertz CT molecular complexity index is 967. The van der Waals surface area contributed by atoms with Gasteiger partial charge in [0.15, 0.2) is 0 Å². The summed E-state index contributed by atoms with van der Waals surface area (Å²) in [5, 5.41) is 7.97. The van der Waals surface area contributed by atoms with Crippen LogP contribution in [0.2, 0.25) is 5.02 Å². The van der Waals surface area contributed by atoms with Gasteiger partial charge in [-0.15, -0.1) is 0 Å². The molecule has 0 bridgehead atoms. The summed E-state index contributed by atoms with van der Waals surface area (Å²) in [4.78, 5) is 18.9. The van der Waals surface area contributed by atoms with Gasteiger partial charge in [0.05, 0.1) is 17.1 Å². The summed E-state index contributed by atoms with van der Waals surface area (Å²) >= 11 is 6.40. The van der Waals surface area contributed by atoms with E-state index < -0.39 is 0 Å². The second-order valence-electron chi connectivity index (χ2n) is 7.28. The number of hydrogen-bond acceptors (Lipinski definition) is 4. The van der Waals surface area contributed by atoms with E-state index in [0.29, 0.717) is 22.9 Å². The number of rotatable bonds is 6. The first-order chi connectivity index (χ1) is 14.2. The van der Waals surface area contributed by atoms with Gasteiger partial charge >= 0.3 is 0 Å². The lowest BCUT2D eigenvalue weighted by Gasteiger charge is -2.26. The molecule has 3 aromatic rings. The van der Waals surface area contributed by atoms with Crippen LogP contribution in [0, 0.1) is 0 Å². The summed E-state index contributed by atoms with van der Waals surface area (Å²) < 4.78 is 1.89. The zero-order valence-corrected chi connectivity index (χ0v) is 17.0. The van der Waals surface area contributed by atoms with Crippen molar-refractivity contribution < 1.29 is 4.79 Å². The Morgan fingerprint density at radius 3 is 2.69 bits per heavy atom. The van der Waals surface area contributed by atoms with E-state index in [-0.39, 0.29) is 5.91 Å². The Balaban J connectivity index is 1.39. The van der Waals surface area contributed by atoms with Crippen molar-refractivity contribution in [3.8, 4) is 0 Å². The van der Waals surface area contributed by atoms with Crippen molar-refractivity contribution in [3.63, 3.8) is 0 Å². The summed E-state index contributed by atoms with van der Waals surface area (Å²) in [7, 11) is 0. The maximum atomic E-state index is 12.6. The molecule has 150 valence electrons. The number of pyridine rings is 1. The molecule has 0 saturated carbocycles. The molecular formula is C22H24ClN5O. The van der Waals surface area contributed by atoms with Crippen LogP contribution >= 0.6 is 11.6 Å². The maximum Gasteiger partial charge on any atom is 0.255 e. The van der Waals surface area contributed by atoms with Crippen LogP contribution in [-0.4, -0.2) is 38.7 Å². The number of aromatic nitrogens is 3. The van der Waals surface area contributed by atoms with Gasteiger partial charge in [-0.05, 0) is 42.5 Å². The summed E-state index contributed by atoms with van der Waals surface area (Å²) in [6.07, 6.45) is 8.65.